The number of halogens is 2. The first-order valence-corrected chi connectivity index (χ1v) is 12.7. The van der Waals surface area contributed by atoms with E-state index in [1.165, 1.54) is 18.2 Å². The van der Waals surface area contributed by atoms with Crippen molar-refractivity contribution in [3.05, 3.63) is 71.2 Å². The molecular weight excluding hydrogens is 470 g/mol. The van der Waals surface area contributed by atoms with Crippen molar-refractivity contribution in [2.75, 3.05) is 35.8 Å². The molecule has 11 heteroatoms. The zero-order valence-corrected chi connectivity index (χ0v) is 19.2. The molecule has 1 N–H and O–H groups in total. The van der Waals surface area contributed by atoms with Gasteiger partial charge in [-0.1, -0.05) is 12.1 Å². The summed E-state index contributed by atoms with van der Waals surface area (Å²) in [6, 6.07) is 11.1. The zero-order chi connectivity index (χ0) is 23.4. The van der Waals surface area contributed by atoms with Crippen molar-refractivity contribution < 1.29 is 22.0 Å². The van der Waals surface area contributed by atoms with Gasteiger partial charge in [-0.2, -0.15) is 0 Å². The number of carbonyl (C=O) groups is 1. The molecule has 33 heavy (non-hydrogen) atoms. The molecule has 2 aromatic carbocycles. The highest BCUT2D eigenvalue weighted by Crippen LogP contribution is 2.22. The Balaban J connectivity index is 1.27. The predicted octanol–water partition coefficient (Wildman–Crippen LogP) is 3.50. The van der Waals surface area contributed by atoms with E-state index in [0.717, 1.165) is 23.5 Å². The highest BCUT2D eigenvalue weighted by molar-refractivity contribution is 7.93. The first kappa shape index (κ1) is 23.1. The lowest BCUT2D eigenvalue weighted by Gasteiger charge is -2.36. The summed E-state index contributed by atoms with van der Waals surface area (Å²) in [6.07, 6.45) is 0.620. The average molecular weight is 493 g/mol. The van der Waals surface area contributed by atoms with Crippen molar-refractivity contribution >= 4 is 38.1 Å². The number of carbonyl (C=O) groups excluding carboxylic acids is 1. The smallest absolute Gasteiger partial charge is 0.263 e. The van der Waals surface area contributed by atoms with Crippen molar-refractivity contribution in [3.8, 4) is 0 Å². The first-order valence-electron chi connectivity index (χ1n) is 10.3. The van der Waals surface area contributed by atoms with Gasteiger partial charge in [-0.25, -0.2) is 22.2 Å². The molecule has 7 nitrogen and oxygen atoms in total. The van der Waals surface area contributed by atoms with Gasteiger partial charge in [-0.05, 0) is 42.8 Å². The van der Waals surface area contributed by atoms with E-state index in [4.69, 9.17) is 0 Å². The van der Waals surface area contributed by atoms with Crippen molar-refractivity contribution in [3.63, 3.8) is 0 Å². The van der Waals surface area contributed by atoms with E-state index in [1.54, 1.807) is 28.5 Å². The summed E-state index contributed by atoms with van der Waals surface area (Å²) in [5, 5.41) is 1.88. The van der Waals surface area contributed by atoms with Crippen LogP contribution in [0.25, 0.3) is 0 Å². The number of benzene rings is 2. The summed E-state index contributed by atoms with van der Waals surface area (Å²) >= 11 is 1.12. The molecule has 1 aromatic heterocycles. The first-order chi connectivity index (χ1) is 15.8. The molecular formula is C22H22F2N4O3S2. The van der Waals surface area contributed by atoms with Crippen LogP contribution in [0.1, 0.15) is 12.1 Å². The van der Waals surface area contributed by atoms with E-state index in [2.05, 4.69) is 9.71 Å². The number of sulfonamides is 1. The fourth-order valence-electron chi connectivity index (χ4n) is 3.55. The molecule has 1 saturated heterocycles. The number of hydrogen-bond acceptors (Lipinski definition) is 6. The molecule has 0 spiro atoms. The molecule has 2 heterocycles. The third-order valence-corrected chi connectivity index (χ3v) is 7.61. The van der Waals surface area contributed by atoms with Crippen LogP contribution in [0.15, 0.2) is 58.8 Å². The highest BCUT2D eigenvalue weighted by Gasteiger charge is 2.23. The van der Waals surface area contributed by atoms with E-state index >= 15 is 0 Å². The Labute approximate surface area is 194 Å². The maximum Gasteiger partial charge on any atom is 0.263 e. The van der Waals surface area contributed by atoms with Gasteiger partial charge in [0.15, 0.2) is 5.13 Å². The SMILES string of the molecule is O=C(CCc1csc(NS(=O)(=O)c2ccc(F)cc2)n1)N1CCN(c2ccccc2F)CC1. The molecule has 4 rings (SSSR count). The third kappa shape index (κ3) is 5.66. The molecule has 1 fully saturated rings. The van der Waals surface area contributed by atoms with Gasteiger partial charge in [0.2, 0.25) is 5.91 Å². The Hall–Kier alpha value is -3.05. The number of anilines is 2. The van der Waals surface area contributed by atoms with Crippen LogP contribution in [0.5, 0.6) is 0 Å². The Kier molecular flexibility index (Phi) is 6.89. The van der Waals surface area contributed by atoms with Gasteiger partial charge in [-0.3, -0.25) is 9.52 Å². The minimum Gasteiger partial charge on any atom is -0.366 e. The molecule has 0 radical (unpaired) electrons. The van der Waals surface area contributed by atoms with Gasteiger partial charge < -0.3 is 9.80 Å². The summed E-state index contributed by atoms with van der Waals surface area (Å²) < 4.78 is 54.2. The Morgan fingerprint density at radius 2 is 1.73 bits per heavy atom. The topological polar surface area (TPSA) is 82.6 Å². The molecule has 0 unspecified atom stereocenters. The second kappa shape index (κ2) is 9.84. The van der Waals surface area contributed by atoms with Crippen LogP contribution in [-0.4, -0.2) is 50.4 Å². The van der Waals surface area contributed by atoms with Crippen LogP contribution in [-0.2, 0) is 21.2 Å². The predicted molar refractivity (Wildman–Crippen MR) is 123 cm³/mol. The van der Waals surface area contributed by atoms with Crippen LogP contribution < -0.4 is 9.62 Å². The van der Waals surface area contributed by atoms with Gasteiger partial charge in [0.1, 0.15) is 11.6 Å². The zero-order valence-electron chi connectivity index (χ0n) is 17.6. The van der Waals surface area contributed by atoms with Gasteiger partial charge >= 0.3 is 0 Å². The minimum atomic E-state index is -3.87. The number of para-hydroxylation sites is 1. The van der Waals surface area contributed by atoms with Crippen LogP contribution in [0, 0.1) is 11.6 Å². The summed E-state index contributed by atoms with van der Waals surface area (Å²) in [5.41, 5.74) is 1.15. The van der Waals surface area contributed by atoms with E-state index < -0.39 is 15.8 Å². The lowest BCUT2D eigenvalue weighted by Crippen LogP contribution is -2.49. The third-order valence-electron chi connectivity index (χ3n) is 5.32. The Bertz CT molecular complexity index is 1220. The second-order valence-electron chi connectivity index (χ2n) is 7.52. The van der Waals surface area contributed by atoms with Crippen LogP contribution in [0.2, 0.25) is 0 Å². The number of thiazole rings is 1. The molecule has 1 aliphatic rings. The summed E-state index contributed by atoms with van der Waals surface area (Å²) in [6.45, 7) is 2.12. The Morgan fingerprint density at radius 1 is 1.03 bits per heavy atom. The maximum atomic E-state index is 14.0. The number of piperazine rings is 1. The Morgan fingerprint density at radius 3 is 2.42 bits per heavy atom. The van der Waals surface area contributed by atoms with E-state index in [9.17, 15) is 22.0 Å². The largest absolute Gasteiger partial charge is 0.366 e. The molecule has 174 valence electrons. The fourth-order valence-corrected chi connectivity index (χ4v) is 5.55. The van der Waals surface area contributed by atoms with E-state index in [-0.39, 0.29) is 28.2 Å². The monoisotopic (exact) mass is 492 g/mol. The quantitative estimate of drug-likeness (QED) is 0.546. The number of nitrogens with zero attached hydrogens (tertiary/aromatic N) is 3. The molecule has 1 aliphatic heterocycles. The van der Waals surface area contributed by atoms with Crippen molar-refractivity contribution in [1.82, 2.24) is 9.88 Å². The fraction of sp³-hybridized carbons (Fsp3) is 0.273. The molecule has 1 amide bonds. The van der Waals surface area contributed by atoms with E-state index in [0.29, 0.717) is 44.0 Å². The number of amides is 1. The maximum absolute atomic E-state index is 14.0. The summed E-state index contributed by atoms with van der Waals surface area (Å²) in [7, 11) is -3.87. The van der Waals surface area contributed by atoms with Gasteiger partial charge in [0, 0.05) is 38.0 Å². The van der Waals surface area contributed by atoms with Gasteiger partial charge in [0.25, 0.3) is 10.0 Å². The number of hydrogen-bond donors (Lipinski definition) is 1. The molecule has 0 bridgehead atoms. The highest BCUT2D eigenvalue weighted by atomic mass is 32.2. The minimum absolute atomic E-state index is 0.0235. The van der Waals surface area contributed by atoms with Crippen molar-refractivity contribution in [1.29, 1.82) is 0 Å². The lowest BCUT2D eigenvalue weighted by atomic mass is 10.2. The van der Waals surface area contributed by atoms with Crippen LogP contribution in [0.3, 0.4) is 0 Å². The summed E-state index contributed by atoms with van der Waals surface area (Å²) in [5.74, 6) is -0.819. The molecule has 0 saturated carbocycles. The number of aryl methyl sites for hydroxylation is 1. The number of rotatable bonds is 7. The van der Waals surface area contributed by atoms with Crippen molar-refractivity contribution in [2.45, 2.75) is 17.7 Å². The molecule has 0 atom stereocenters. The van der Waals surface area contributed by atoms with Gasteiger partial charge in [0.05, 0.1) is 16.3 Å². The average Bonchev–Trinajstić information content (AvgIpc) is 3.25. The number of nitrogens with one attached hydrogen (secondary N) is 1. The van der Waals surface area contributed by atoms with Crippen molar-refractivity contribution in [2.24, 2.45) is 0 Å². The molecule has 3 aromatic rings. The standard InChI is InChI=1S/C22H22F2N4O3S2/c23-16-5-8-18(9-6-16)33(30,31)26-22-25-17(15-32-22)7-10-21(29)28-13-11-27(12-14-28)20-4-2-1-3-19(20)24/h1-6,8-9,15H,7,10-14H2,(H,25,26). The van der Waals surface area contributed by atoms with Crippen LogP contribution >= 0.6 is 11.3 Å². The van der Waals surface area contributed by atoms with Gasteiger partial charge in [-0.15, -0.1) is 11.3 Å². The van der Waals surface area contributed by atoms with Crippen LogP contribution in [0.4, 0.5) is 19.6 Å². The molecule has 0 aliphatic carbocycles. The normalized spacial score (nSPS) is 14.4. The van der Waals surface area contributed by atoms with E-state index in [1.807, 2.05) is 4.90 Å². The summed E-state index contributed by atoms with van der Waals surface area (Å²) in [4.78, 5) is 20.5. The lowest BCUT2D eigenvalue weighted by molar-refractivity contribution is -0.131. The number of aromatic nitrogens is 1. The second-order valence-corrected chi connectivity index (χ2v) is 10.1.